The average Bonchev–Trinajstić information content (AvgIpc) is 2.40. The zero-order valence-corrected chi connectivity index (χ0v) is 14.4. The molecule has 2 nitrogen and oxygen atoms in total. The van der Waals surface area contributed by atoms with Gasteiger partial charge in [-0.05, 0) is 31.4 Å². The Balaban J connectivity index is 0. The minimum atomic E-state index is -4.31. The smallest absolute Gasteiger partial charge is 0.416 e. The maximum atomic E-state index is 12.4. The number of methoxy groups -OCH3 is 1. The van der Waals surface area contributed by atoms with Gasteiger partial charge in [0.15, 0.2) is 0 Å². The molecule has 0 heterocycles. The summed E-state index contributed by atoms with van der Waals surface area (Å²) in [7, 11) is 2.87. The fourth-order valence-electron chi connectivity index (χ4n) is 1.20. The second-order valence-electron chi connectivity index (χ2n) is 4.69. The topological polar surface area (TPSA) is 35.2 Å². The normalized spacial score (nSPS) is 10.2. The molecule has 6 heteroatoms. The van der Waals surface area contributed by atoms with Crippen molar-refractivity contribution in [2.45, 2.75) is 32.7 Å². The molecule has 0 saturated carbocycles. The predicted octanol–water partition coefficient (Wildman–Crippen LogP) is 4.81. The summed E-state index contributed by atoms with van der Waals surface area (Å²) in [5.74, 6) is 1.76. The molecule has 0 bridgehead atoms. The lowest BCUT2D eigenvalue weighted by Crippen LogP contribution is -2.05. The van der Waals surface area contributed by atoms with Crippen LogP contribution in [-0.2, 0) is 11.9 Å². The Morgan fingerprint density at radius 3 is 2.00 bits per heavy atom. The van der Waals surface area contributed by atoms with E-state index in [1.165, 1.54) is 32.0 Å². The van der Waals surface area contributed by atoms with E-state index in [4.69, 9.17) is 4.74 Å². The first-order valence-electron chi connectivity index (χ1n) is 6.53. The number of halogens is 3. The van der Waals surface area contributed by atoms with Gasteiger partial charge in [0.2, 0.25) is 0 Å². The summed E-state index contributed by atoms with van der Waals surface area (Å²) < 4.78 is 42.0. The van der Waals surface area contributed by atoms with Gasteiger partial charge in [0.25, 0.3) is 0 Å². The van der Waals surface area contributed by atoms with Gasteiger partial charge < -0.3 is 10.5 Å². The Bertz CT molecular complexity index is 379. The van der Waals surface area contributed by atoms with Gasteiger partial charge >= 0.3 is 6.18 Å². The summed E-state index contributed by atoms with van der Waals surface area (Å²) in [4.78, 5) is 0. The van der Waals surface area contributed by atoms with Gasteiger partial charge in [-0.1, -0.05) is 26.8 Å². The zero-order chi connectivity index (χ0) is 17.1. The highest BCUT2D eigenvalue weighted by Crippen LogP contribution is 2.33. The second kappa shape index (κ2) is 11.7. The fraction of sp³-hybridized carbons (Fsp3) is 0.600. The molecule has 0 saturated heterocycles. The van der Waals surface area contributed by atoms with Crippen molar-refractivity contribution in [2.24, 2.45) is 11.7 Å². The highest BCUT2D eigenvalue weighted by atomic mass is 32.2. The number of hydrogen-bond donors (Lipinski definition) is 1. The SMILES string of the molecule is CC(C)C.CN.COc1cc(C(F)(F)F)ccc1CSC. The maximum Gasteiger partial charge on any atom is 0.416 e. The minimum Gasteiger partial charge on any atom is -0.496 e. The molecular formula is C15H26F3NOS. The van der Waals surface area contributed by atoms with E-state index in [9.17, 15) is 13.2 Å². The van der Waals surface area contributed by atoms with Crippen LogP contribution in [-0.4, -0.2) is 20.4 Å². The highest BCUT2D eigenvalue weighted by molar-refractivity contribution is 7.97. The molecule has 0 spiro atoms. The molecule has 0 unspecified atom stereocenters. The Kier molecular flexibility index (Phi) is 12.5. The largest absolute Gasteiger partial charge is 0.496 e. The van der Waals surface area contributed by atoms with Crippen LogP contribution >= 0.6 is 11.8 Å². The minimum absolute atomic E-state index is 0.291. The summed E-state index contributed by atoms with van der Waals surface area (Å²) in [6, 6.07) is 3.57. The number of rotatable bonds is 3. The van der Waals surface area contributed by atoms with Gasteiger partial charge in [-0.15, -0.1) is 0 Å². The molecule has 1 aromatic carbocycles. The molecule has 0 atom stereocenters. The molecule has 0 aromatic heterocycles. The van der Waals surface area contributed by atoms with E-state index in [0.29, 0.717) is 11.5 Å². The summed E-state index contributed by atoms with van der Waals surface area (Å²) >= 11 is 1.54. The summed E-state index contributed by atoms with van der Waals surface area (Å²) in [6.07, 6.45) is -2.43. The standard InChI is InChI=1S/C10H11F3OS.C4H10.CH5N/c1-14-9-5-8(10(11,12)13)4-3-7(9)6-15-2;1-4(2)3;1-2/h3-5H,6H2,1-2H3;4H,1-3H3;2H2,1H3. The molecule has 0 fully saturated rings. The third kappa shape index (κ3) is 10.5. The molecular weight excluding hydrogens is 299 g/mol. The zero-order valence-electron chi connectivity index (χ0n) is 13.5. The molecule has 124 valence electrons. The average molecular weight is 325 g/mol. The summed E-state index contributed by atoms with van der Waals surface area (Å²) in [6.45, 7) is 6.50. The lowest BCUT2D eigenvalue weighted by molar-refractivity contribution is -0.137. The van der Waals surface area contributed by atoms with Crippen LogP contribution in [0.2, 0.25) is 0 Å². The van der Waals surface area contributed by atoms with Crippen LogP contribution in [0.1, 0.15) is 31.9 Å². The van der Waals surface area contributed by atoms with Gasteiger partial charge in [-0.3, -0.25) is 0 Å². The van der Waals surface area contributed by atoms with Crippen LogP contribution in [0.3, 0.4) is 0 Å². The molecule has 0 aliphatic heterocycles. The van der Waals surface area contributed by atoms with E-state index in [1.807, 2.05) is 6.26 Å². The quantitative estimate of drug-likeness (QED) is 0.866. The predicted molar refractivity (Wildman–Crippen MR) is 85.8 cm³/mol. The number of alkyl halides is 3. The summed E-state index contributed by atoms with van der Waals surface area (Å²) in [5, 5.41) is 0. The van der Waals surface area contributed by atoms with Crippen molar-refractivity contribution in [2.75, 3.05) is 20.4 Å². The van der Waals surface area contributed by atoms with Gasteiger partial charge in [0.1, 0.15) is 5.75 Å². The highest BCUT2D eigenvalue weighted by Gasteiger charge is 2.31. The first kappa shape index (κ1) is 22.4. The Morgan fingerprint density at radius 1 is 1.19 bits per heavy atom. The van der Waals surface area contributed by atoms with Gasteiger partial charge in [0, 0.05) is 11.3 Å². The van der Waals surface area contributed by atoms with Gasteiger partial charge in [-0.25, -0.2) is 0 Å². The molecule has 0 aliphatic rings. The number of thioether (sulfide) groups is 1. The molecule has 1 rings (SSSR count). The Morgan fingerprint density at radius 2 is 1.67 bits per heavy atom. The monoisotopic (exact) mass is 325 g/mol. The third-order valence-electron chi connectivity index (χ3n) is 1.91. The van der Waals surface area contributed by atoms with E-state index >= 15 is 0 Å². The van der Waals surface area contributed by atoms with Crippen molar-refractivity contribution in [3.8, 4) is 5.75 Å². The van der Waals surface area contributed by atoms with Crippen molar-refractivity contribution in [1.82, 2.24) is 0 Å². The van der Waals surface area contributed by atoms with Crippen LogP contribution in [0.5, 0.6) is 5.75 Å². The molecule has 0 aliphatic carbocycles. The first-order chi connectivity index (χ1) is 9.72. The van der Waals surface area contributed by atoms with Crippen molar-refractivity contribution in [3.63, 3.8) is 0 Å². The van der Waals surface area contributed by atoms with Crippen LogP contribution in [0.4, 0.5) is 13.2 Å². The number of benzene rings is 1. The Hall–Kier alpha value is -0.880. The van der Waals surface area contributed by atoms with Crippen LogP contribution < -0.4 is 10.5 Å². The van der Waals surface area contributed by atoms with Gasteiger partial charge in [0.05, 0.1) is 12.7 Å². The first-order valence-corrected chi connectivity index (χ1v) is 7.92. The van der Waals surface area contributed by atoms with Crippen LogP contribution in [0.25, 0.3) is 0 Å². The van der Waals surface area contributed by atoms with E-state index in [-0.39, 0.29) is 0 Å². The van der Waals surface area contributed by atoms with E-state index in [0.717, 1.165) is 23.6 Å². The fourth-order valence-corrected chi connectivity index (χ4v) is 1.75. The van der Waals surface area contributed by atoms with E-state index in [1.54, 1.807) is 0 Å². The van der Waals surface area contributed by atoms with Crippen LogP contribution in [0, 0.1) is 5.92 Å². The van der Waals surface area contributed by atoms with E-state index < -0.39 is 11.7 Å². The second-order valence-corrected chi connectivity index (χ2v) is 5.56. The summed E-state index contributed by atoms with van der Waals surface area (Å²) in [5.41, 5.74) is 4.60. The number of nitrogens with two attached hydrogens (primary N) is 1. The van der Waals surface area contributed by atoms with Crippen LogP contribution in [0.15, 0.2) is 18.2 Å². The number of ether oxygens (including phenoxy) is 1. The lowest BCUT2D eigenvalue weighted by Gasteiger charge is -2.11. The molecule has 0 amide bonds. The van der Waals surface area contributed by atoms with E-state index in [2.05, 4.69) is 26.5 Å². The maximum absolute atomic E-state index is 12.4. The molecule has 1 aromatic rings. The van der Waals surface area contributed by atoms with Gasteiger partial charge in [-0.2, -0.15) is 24.9 Å². The lowest BCUT2D eigenvalue weighted by atomic mass is 10.1. The molecule has 0 radical (unpaired) electrons. The van der Waals surface area contributed by atoms with Crippen molar-refractivity contribution < 1.29 is 17.9 Å². The van der Waals surface area contributed by atoms with Crippen molar-refractivity contribution >= 4 is 11.8 Å². The third-order valence-corrected chi connectivity index (χ3v) is 2.51. The molecule has 2 N–H and O–H groups in total. The number of hydrogen-bond acceptors (Lipinski definition) is 3. The van der Waals surface area contributed by atoms with Crippen molar-refractivity contribution in [1.29, 1.82) is 0 Å². The molecule has 21 heavy (non-hydrogen) atoms. The Labute approximate surface area is 130 Å². The van der Waals surface area contributed by atoms with Crippen molar-refractivity contribution in [3.05, 3.63) is 29.3 Å².